The number of nitrogens with one attached hydrogen (secondary N) is 1. The third-order valence-electron chi connectivity index (χ3n) is 12.5. The predicted octanol–water partition coefficient (Wildman–Crippen LogP) is 16.8. The Hall–Kier alpha value is -1.54. The summed E-state index contributed by atoms with van der Waals surface area (Å²) in [4.78, 5) is 23.3. The van der Waals surface area contributed by atoms with Gasteiger partial charge in [-0.25, -0.2) is 4.57 Å². The zero-order valence-corrected chi connectivity index (χ0v) is 45.1. The third kappa shape index (κ3) is 50.3. The fourth-order valence-electron chi connectivity index (χ4n) is 8.09. The van der Waals surface area contributed by atoms with Gasteiger partial charge in [0.15, 0.2) is 0 Å². The van der Waals surface area contributed by atoms with Crippen LogP contribution in [0.5, 0.6) is 0 Å². The minimum atomic E-state index is -4.36. The normalized spacial score (nSPS) is 14.3. The highest BCUT2D eigenvalue weighted by molar-refractivity contribution is 7.47. The minimum absolute atomic E-state index is 0.0546. The summed E-state index contributed by atoms with van der Waals surface area (Å²) in [5, 5.41) is 13.9. The minimum Gasteiger partial charge on any atom is -0.387 e. The standard InChI is InChI=1S/C57H109N2O6P/c1-6-8-10-12-14-16-18-20-22-24-26-27-28-29-30-31-33-35-37-39-41-43-45-47-49-51-57(61)58-55(54-65-66(62,63)64-53-52-59(3,4)5)56(60)50-48-46-44-42-40-38-36-34-32-25-23-21-19-17-15-13-11-9-7-2/h26-27,29-30,40,42,48,50,55-56,60H,6-25,28,31-39,41,43-47,49,51-54H2,1-5H3,(H-,58,61,62,63)/p+1/b27-26-,30-29-,42-40+,50-48+. The predicted molar refractivity (Wildman–Crippen MR) is 286 cm³/mol. The smallest absolute Gasteiger partial charge is 0.387 e. The molecule has 3 atom stereocenters. The van der Waals surface area contributed by atoms with Crippen molar-refractivity contribution in [3.8, 4) is 0 Å². The fraction of sp³-hybridized carbons (Fsp3) is 0.842. The van der Waals surface area contributed by atoms with E-state index in [4.69, 9.17) is 9.05 Å². The number of quaternary nitrogens is 1. The summed E-state index contributed by atoms with van der Waals surface area (Å²) in [6, 6.07) is -0.867. The van der Waals surface area contributed by atoms with E-state index in [2.05, 4.69) is 55.6 Å². The molecular formula is C57H110N2O6P+. The van der Waals surface area contributed by atoms with Crippen LogP contribution in [-0.2, 0) is 18.4 Å². The molecule has 9 heteroatoms. The van der Waals surface area contributed by atoms with Gasteiger partial charge in [-0.15, -0.1) is 0 Å². The highest BCUT2D eigenvalue weighted by Gasteiger charge is 2.27. The van der Waals surface area contributed by atoms with Crippen molar-refractivity contribution >= 4 is 13.7 Å². The maximum atomic E-state index is 13.0. The summed E-state index contributed by atoms with van der Waals surface area (Å²) in [6.07, 6.45) is 63.5. The molecule has 0 aliphatic heterocycles. The number of rotatable bonds is 51. The van der Waals surface area contributed by atoms with E-state index in [0.717, 1.165) is 44.9 Å². The van der Waals surface area contributed by atoms with Gasteiger partial charge in [0, 0.05) is 6.42 Å². The van der Waals surface area contributed by atoms with Gasteiger partial charge in [0.2, 0.25) is 5.91 Å². The topological polar surface area (TPSA) is 105 Å². The second kappa shape index (κ2) is 48.5. The van der Waals surface area contributed by atoms with Crippen molar-refractivity contribution in [2.45, 2.75) is 270 Å². The molecular weight excluding hydrogens is 840 g/mol. The van der Waals surface area contributed by atoms with E-state index in [1.165, 1.54) is 193 Å². The summed E-state index contributed by atoms with van der Waals surface area (Å²) in [5.41, 5.74) is 0. The van der Waals surface area contributed by atoms with Crippen LogP contribution in [-0.4, -0.2) is 73.4 Å². The summed E-state index contributed by atoms with van der Waals surface area (Å²) >= 11 is 0. The second-order valence-corrected chi connectivity index (χ2v) is 21.8. The lowest BCUT2D eigenvalue weighted by atomic mass is 10.0. The molecule has 0 bridgehead atoms. The molecule has 0 spiro atoms. The summed E-state index contributed by atoms with van der Waals surface area (Å²) < 4.78 is 23.7. The molecule has 0 fully saturated rings. The number of likely N-dealkylation sites (N-methyl/N-ethyl adjacent to an activating group) is 1. The first-order valence-electron chi connectivity index (χ1n) is 28.0. The van der Waals surface area contributed by atoms with Crippen molar-refractivity contribution in [3.63, 3.8) is 0 Å². The SMILES string of the molecule is CCCCCCCCCCC/C=C\C/C=C\CCCCCCCCCCCC(=O)NC(COP(=O)(O)OCC[N+](C)(C)C)C(O)/C=C/CC/C=C/CCCCCCCCCCCCCCC. The molecule has 1 amide bonds. The Morgan fingerprint density at radius 2 is 0.879 bits per heavy atom. The van der Waals surface area contributed by atoms with Gasteiger partial charge in [-0.3, -0.25) is 13.8 Å². The molecule has 388 valence electrons. The molecule has 8 nitrogen and oxygen atoms in total. The molecule has 0 radical (unpaired) electrons. The van der Waals surface area contributed by atoms with Crippen molar-refractivity contribution in [3.05, 3.63) is 48.6 Å². The summed E-state index contributed by atoms with van der Waals surface area (Å²) in [5.74, 6) is -0.190. The average Bonchev–Trinajstić information content (AvgIpc) is 3.28. The van der Waals surface area contributed by atoms with Crippen LogP contribution in [0.15, 0.2) is 48.6 Å². The number of nitrogens with zero attached hydrogens (tertiary/aromatic N) is 1. The fourth-order valence-corrected chi connectivity index (χ4v) is 8.82. The first-order chi connectivity index (χ1) is 32.0. The first kappa shape index (κ1) is 64.5. The molecule has 0 rings (SSSR count). The zero-order valence-electron chi connectivity index (χ0n) is 44.2. The quantitative estimate of drug-likeness (QED) is 0.0243. The highest BCUT2D eigenvalue weighted by atomic mass is 31.2. The Bertz CT molecular complexity index is 1210. The van der Waals surface area contributed by atoms with Crippen molar-refractivity contribution < 1.29 is 32.9 Å². The van der Waals surface area contributed by atoms with Gasteiger partial charge in [-0.2, -0.15) is 0 Å². The van der Waals surface area contributed by atoms with Gasteiger partial charge in [-0.05, 0) is 64.2 Å². The Morgan fingerprint density at radius 3 is 1.30 bits per heavy atom. The lowest BCUT2D eigenvalue weighted by Crippen LogP contribution is -2.45. The van der Waals surface area contributed by atoms with Crippen LogP contribution in [0.2, 0.25) is 0 Å². The molecule has 0 aliphatic carbocycles. The molecule has 0 aromatic carbocycles. The number of hydrogen-bond acceptors (Lipinski definition) is 5. The summed E-state index contributed by atoms with van der Waals surface area (Å²) in [6.45, 7) is 4.81. The van der Waals surface area contributed by atoms with Crippen LogP contribution in [0.3, 0.4) is 0 Å². The monoisotopic (exact) mass is 950 g/mol. The number of unbranched alkanes of at least 4 members (excludes halogenated alkanes) is 32. The highest BCUT2D eigenvalue weighted by Crippen LogP contribution is 2.43. The van der Waals surface area contributed by atoms with Gasteiger partial charge in [0.05, 0.1) is 39.9 Å². The van der Waals surface area contributed by atoms with Gasteiger partial charge in [0.1, 0.15) is 13.2 Å². The molecule has 0 aromatic rings. The molecule has 0 saturated carbocycles. The zero-order chi connectivity index (χ0) is 48.5. The number of aliphatic hydroxyl groups excluding tert-OH is 1. The van der Waals surface area contributed by atoms with Crippen LogP contribution >= 0.6 is 7.82 Å². The van der Waals surface area contributed by atoms with Crippen LogP contribution in [0.4, 0.5) is 0 Å². The van der Waals surface area contributed by atoms with Crippen molar-refractivity contribution in [2.75, 3.05) is 40.9 Å². The van der Waals surface area contributed by atoms with E-state index in [-0.39, 0.29) is 19.1 Å². The molecule has 0 aromatic heterocycles. The van der Waals surface area contributed by atoms with E-state index >= 15 is 0 Å². The molecule has 3 N–H and O–H groups in total. The summed E-state index contributed by atoms with van der Waals surface area (Å²) in [7, 11) is 1.55. The second-order valence-electron chi connectivity index (χ2n) is 20.3. The average molecular weight is 950 g/mol. The van der Waals surface area contributed by atoms with Gasteiger partial charge >= 0.3 is 7.82 Å². The molecule has 3 unspecified atom stereocenters. The number of allylic oxidation sites excluding steroid dienone is 7. The Labute approximate surface area is 409 Å². The third-order valence-corrected chi connectivity index (χ3v) is 13.5. The van der Waals surface area contributed by atoms with Crippen LogP contribution in [0.25, 0.3) is 0 Å². The van der Waals surface area contributed by atoms with E-state index in [9.17, 15) is 19.4 Å². The molecule has 0 saturated heterocycles. The maximum Gasteiger partial charge on any atom is 0.472 e. The Balaban J connectivity index is 4.28. The van der Waals surface area contributed by atoms with E-state index in [0.29, 0.717) is 17.4 Å². The van der Waals surface area contributed by atoms with E-state index in [1.807, 2.05) is 27.2 Å². The number of hydrogen-bond donors (Lipinski definition) is 3. The van der Waals surface area contributed by atoms with Crippen molar-refractivity contribution in [1.29, 1.82) is 0 Å². The van der Waals surface area contributed by atoms with Crippen LogP contribution in [0, 0.1) is 0 Å². The maximum absolute atomic E-state index is 13.0. The van der Waals surface area contributed by atoms with Crippen molar-refractivity contribution in [2.24, 2.45) is 0 Å². The molecule has 0 aliphatic rings. The van der Waals surface area contributed by atoms with Crippen LogP contribution < -0.4 is 5.32 Å². The number of phosphoric acid groups is 1. The number of amides is 1. The number of carbonyl (C=O) groups excluding carboxylic acids is 1. The lowest BCUT2D eigenvalue weighted by molar-refractivity contribution is -0.870. The van der Waals surface area contributed by atoms with E-state index in [1.54, 1.807) is 6.08 Å². The number of aliphatic hydroxyl groups is 1. The number of phosphoric ester groups is 1. The van der Waals surface area contributed by atoms with Crippen LogP contribution in [0.1, 0.15) is 258 Å². The van der Waals surface area contributed by atoms with E-state index < -0.39 is 20.0 Å². The number of carbonyl (C=O) groups is 1. The van der Waals surface area contributed by atoms with Gasteiger partial charge in [0.25, 0.3) is 0 Å². The Morgan fingerprint density at radius 1 is 0.515 bits per heavy atom. The van der Waals surface area contributed by atoms with Crippen molar-refractivity contribution in [1.82, 2.24) is 5.32 Å². The lowest BCUT2D eigenvalue weighted by Gasteiger charge is -2.25. The molecule has 0 heterocycles. The largest absolute Gasteiger partial charge is 0.472 e. The van der Waals surface area contributed by atoms with Gasteiger partial charge < -0.3 is 19.8 Å². The van der Waals surface area contributed by atoms with Gasteiger partial charge in [-0.1, -0.05) is 236 Å². The first-order valence-corrected chi connectivity index (χ1v) is 29.5. The molecule has 66 heavy (non-hydrogen) atoms. The Kier molecular flexibility index (Phi) is 47.4.